The molecular weight excluding hydrogens is 236 g/mol. The second kappa shape index (κ2) is 6.17. The van der Waals surface area contributed by atoms with Crippen molar-refractivity contribution in [2.75, 3.05) is 24.5 Å². The highest BCUT2D eigenvalue weighted by Gasteiger charge is 2.16. The zero-order valence-electron chi connectivity index (χ0n) is 10.2. The molecule has 0 spiro atoms. The number of hydrogen-bond donors (Lipinski definition) is 1. The van der Waals surface area contributed by atoms with Crippen molar-refractivity contribution in [1.29, 1.82) is 0 Å². The van der Waals surface area contributed by atoms with E-state index in [9.17, 15) is 0 Å². The Hall–Kier alpha value is -0.870. The molecular formula is C12H19ClN4. The minimum Gasteiger partial charge on any atom is -0.354 e. The number of halogens is 1. The van der Waals surface area contributed by atoms with E-state index in [1.807, 2.05) is 6.07 Å². The summed E-state index contributed by atoms with van der Waals surface area (Å²) in [7, 11) is 0. The molecule has 2 rings (SSSR count). The van der Waals surface area contributed by atoms with Gasteiger partial charge in [-0.1, -0.05) is 18.0 Å². The van der Waals surface area contributed by atoms with Gasteiger partial charge >= 0.3 is 0 Å². The predicted octanol–water partition coefficient (Wildman–Crippen LogP) is 2.10. The number of nitrogens with zero attached hydrogens (tertiary/aromatic N) is 3. The third-order valence-electron chi connectivity index (χ3n) is 3.18. The summed E-state index contributed by atoms with van der Waals surface area (Å²) < 4.78 is 0. The van der Waals surface area contributed by atoms with Gasteiger partial charge in [0.2, 0.25) is 0 Å². The van der Waals surface area contributed by atoms with Gasteiger partial charge in [-0.2, -0.15) is 0 Å². The molecule has 5 heteroatoms. The van der Waals surface area contributed by atoms with Crippen LogP contribution in [0.1, 0.15) is 26.2 Å². The van der Waals surface area contributed by atoms with Crippen molar-refractivity contribution >= 4 is 17.4 Å². The van der Waals surface area contributed by atoms with Gasteiger partial charge in [-0.05, 0) is 38.4 Å². The minimum atomic E-state index is 0.445. The van der Waals surface area contributed by atoms with Gasteiger partial charge in [-0.3, -0.25) is 0 Å². The Balaban J connectivity index is 1.97. The Morgan fingerprint density at radius 2 is 2.29 bits per heavy atom. The van der Waals surface area contributed by atoms with Gasteiger partial charge in [0.1, 0.15) is 0 Å². The van der Waals surface area contributed by atoms with Gasteiger partial charge in [0.15, 0.2) is 11.0 Å². The lowest BCUT2D eigenvalue weighted by Gasteiger charge is -2.30. The molecule has 0 aromatic carbocycles. The smallest absolute Gasteiger partial charge is 0.151 e. The topological polar surface area (TPSA) is 41.0 Å². The largest absolute Gasteiger partial charge is 0.354 e. The predicted molar refractivity (Wildman–Crippen MR) is 70.6 cm³/mol. The fraction of sp³-hybridized carbons (Fsp3) is 0.667. The van der Waals surface area contributed by atoms with Crippen LogP contribution in [-0.4, -0.2) is 35.9 Å². The van der Waals surface area contributed by atoms with Crippen LogP contribution in [0.15, 0.2) is 12.1 Å². The maximum absolute atomic E-state index is 5.75. The fourth-order valence-corrected chi connectivity index (χ4v) is 2.31. The Labute approximate surface area is 107 Å². The van der Waals surface area contributed by atoms with Gasteiger partial charge in [-0.25, -0.2) is 0 Å². The molecule has 2 heterocycles. The summed E-state index contributed by atoms with van der Waals surface area (Å²) >= 11 is 5.75. The second-order valence-electron chi connectivity index (χ2n) is 4.40. The summed E-state index contributed by atoms with van der Waals surface area (Å²) in [5, 5.41) is 12.0. The van der Waals surface area contributed by atoms with Gasteiger partial charge in [-0.15, -0.1) is 10.2 Å². The van der Waals surface area contributed by atoms with Crippen LogP contribution >= 0.6 is 11.6 Å². The van der Waals surface area contributed by atoms with Crippen LogP contribution in [0.2, 0.25) is 5.15 Å². The van der Waals surface area contributed by atoms with Gasteiger partial charge in [0.25, 0.3) is 0 Å². The highest BCUT2D eigenvalue weighted by molar-refractivity contribution is 6.29. The van der Waals surface area contributed by atoms with Crippen LogP contribution in [0.4, 0.5) is 5.82 Å². The second-order valence-corrected chi connectivity index (χ2v) is 4.79. The number of aromatic nitrogens is 2. The van der Waals surface area contributed by atoms with Crippen LogP contribution in [0, 0.1) is 0 Å². The highest BCUT2D eigenvalue weighted by atomic mass is 35.5. The lowest BCUT2D eigenvalue weighted by atomic mass is 10.0. The molecule has 0 amide bonds. The zero-order chi connectivity index (χ0) is 12.1. The molecule has 1 atom stereocenters. The van der Waals surface area contributed by atoms with Crippen molar-refractivity contribution in [1.82, 2.24) is 15.5 Å². The van der Waals surface area contributed by atoms with E-state index in [0.29, 0.717) is 11.2 Å². The minimum absolute atomic E-state index is 0.445. The van der Waals surface area contributed by atoms with Crippen molar-refractivity contribution in [2.24, 2.45) is 0 Å². The monoisotopic (exact) mass is 254 g/mol. The summed E-state index contributed by atoms with van der Waals surface area (Å²) in [4.78, 5) is 2.24. The number of hydrogen-bond acceptors (Lipinski definition) is 4. The van der Waals surface area contributed by atoms with Crippen LogP contribution in [0.25, 0.3) is 0 Å². The van der Waals surface area contributed by atoms with Crippen molar-refractivity contribution in [3.63, 3.8) is 0 Å². The summed E-state index contributed by atoms with van der Waals surface area (Å²) in [6, 6.07) is 4.30. The molecule has 1 fully saturated rings. The SMILES string of the molecule is CCN(CC1CCCCN1)c1ccc(Cl)nn1. The standard InChI is InChI=1S/C12H19ClN4/c1-2-17(9-10-5-3-4-8-14-10)12-7-6-11(13)15-16-12/h6-7,10,14H,2-5,8-9H2,1H3. The lowest BCUT2D eigenvalue weighted by molar-refractivity contribution is 0.399. The normalized spacial score (nSPS) is 20.2. The lowest BCUT2D eigenvalue weighted by Crippen LogP contribution is -2.44. The molecule has 1 N–H and O–H groups in total. The maximum Gasteiger partial charge on any atom is 0.151 e. The average molecular weight is 255 g/mol. The first-order chi connectivity index (χ1) is 8.29. The van der Waals surface area contributed by atoms with Gasteiger partial charge in [0.05, 0.1) is 0 Å². The molecule has 1 aliphatic rings. The van der Waals surface area contributed by atoms with E-state index in [-0.39, 0.29) is 0 Å². The van der Waals surface area contributed by atoms with Gasteiger partial charge < -0.3 is 10.2 Å². The highest BCUT2D eigenvalue weighted by Crippen LogP contribution is 2.15. The molecule has 1 aliphatic heterocycles. The number of likely N-dealkylation sites (N-methyl/N-ethyl adjacent to an activating group) is 1. The zero-order valence-corrected chi connectivity index (χ0v) is 11.0. The van der Waals surface area contributed by atoms with Crippen molar-refractivity contribution < 1.29 is 0 Å². The van der Waals surface area contributed by atoms with E-state index < -0.39 is 0 Å². The van der Waals surface area contributed by atoms with E-state index >= 15 is 0 Å². The van der Waals surface area contributed by atoms with E-state index in [2.05, 4.69) is 27.3 Å². The van der Waals surface area contributed by atoms with Crippen LogP contribution in [-0.2, 0) is 0 Å². The maximum atomic E-state index is 5.75. The molecule has 0 bridgehead atoms. The third-order valence-corrected chi connectivity index (χ3v) is 3.38. The fourth-order valence-electron chi connectivity index (χ4n) is 2.21. The van der Waals surface area contributed by atoms with Crippen molar-refractivity contribution in [3.8, 4) is 0 Å². The summed E-state index contributed by atoms with van der Waals surface area (Å²) in [6.07, 6.45) is 3.86. The molecule has 1 saturated heterocycles. The first-order valence-corrected chi connectivity index (χ1v) is 6.65. The van der Waals surface area contributed by atoms with Crippen LogP contribution < -0.4 is 10.2 Å². The molecule has 0 radical (unpaired) electrons. The van der Waals surface area contributed by atoms with E-state index in [0.717, 1.165) is 25.5 Å². The number of piperidine rings is 1. The summed E-state index contributed by atoms with van der Waals surface area (Å²) in [5.41, 5.74) is 0. The van der Waals surface area contributed by atoms with Gasteiger partial charge in [0, 0.05) is 19.1 Å². The Morgan fingerprint density at radius 1 is 1.41 bits per heavy atom. The molecule has 94 valence electrons. The molecule has 1 aromatic rings. The Bertz CT molecular complexity index is 335. The molecule has 1 aromatic heterocycles. The van der Waals surface area contributed by atoms with E-state index in [4.69, 9.17) is 11.6 Å². The van der Waals surface area contributed by atoms with E-state index in [1.165, 1.54) is 19.3 Å². The molecule has 4 nitrogen and oxygen atoms in total. The average Bonchev–Trinajstić information content (AvgIpc) is 2.38. The Kier molecular flexibility index (Phi) is 4.57. The molecule has 0 aliphatic carbocycles. The third kappa shape index (κ3) is 3.54. The number of rotatable bonds is 4. The molecule has 17 heavy (non-hydrogen) atoms. The quantitative estimate of drug-likeness (QED) is 0.894. The van der Waals surface area contributed by atoms with Crippen LogP contribution in [0.3, 0.4) is 0 Å². The Morgan fingerprint density at radius 3 is 2.88 bits per heavy atom. The molecule has 0 saturated carbocycles. The summed E-state index contributed by atoms with van der Waals surface area (Å²) in [5.74, 6) is 0.907. The first kappa shape index (κ1) is 12.6. The van der Waals surface area contributed by atoms with Crippen molar-refractivity contribution in [2.45, 2.75) is 32.2 Å². The summed E-state index contributed by atoms with van der Waals surface area (Å²) in [6.45, 7) is 5.20. The number of anilines is 1. The van der Waals surface area contributed by atoms with E-state index in [1.54, 1.807) is 6.07 Å². The molecule has 1 unspecified atom stereocenters. The first-order valence-electron chi connectivity index (χ1n) is 6.27. The number of nitrogens with one attached hydrogen (secondary N) is 1. The van der Waals surface area contributed by atoms with Crippen LogP contribution in [0.5, 0.6) is 0 Å². The van der Waals surface area contributed by atoms with Crippen molar-refractivity contribution in [3.05, 3.63) is 17.3 Å².